The molecule has 186 valence electrons. The van der Waals surface area contributed by atoms with Crippen molar-refractivity contribution >= 4 is 22.6 Å². The topological polar surface area (TPSA) is 108 Å². The number of aryl methyl sites for hydroxylation is 1. The van der Waals surface area contributed by atoms with Gasteiger partial charge in [0.1, 0.15) is 12.0 Å². The van der Waals surface area contributed by atoms with Crippen molar-refractivity contribution in [2.45, 2.75) is 27.2 Å². The number of hydrogen-bond acceptors (Lipinski definition) is 5. The van der Waals surface area contributed by atoms with E-state index in [4.69, 9.17) is 5.73 Å². The third-order valence-corrected chi connectivity index (χ3v) is 7.36. The number of aromatic nitrogens is 3. The molecule has 5 aromatic rings. The minimum absolute atomic E-state index is 0.0219. The van der Waals surface area contributed by atoms with Crippen LogP contribution in [0.15, 0.2) is 71.8 Å². The Morgan fingerprint density at radius 2 is 1.74 bits per heavy atom. The van der Waals surface area contributed by atoms with Crippen LogP contribution in [0, 0.1) is 13.8 Å². The van der Waals surface area contributed by atoms with E-state index in [2.05, 4.69) is 9.97 Å². The van der Waals surface area contributed by atoms with Crippen molar-refractivity contribution in [3.63, 3.8) is 0 Å². The number of pyridine rings is 1. The summed E-state index contributed by atoms with van der Waals surface area (Å²) in [7, 11) is 0. The number of nitrogens with two attached hydrogens (primary N) is 1. The molecule has 0 aliphatic heterocycles. The van der Waals surface area contributed by atoms with Crippen LogP contribution < -0.4 is 11.3 Å². The maximum absolute atomic E-state index is 13.4. The first-order valence-electron chi connectivity index (χ1n) is 12.3. The molecule has 0 saturated heterocycles. The van der Waals surface area contributed by atoms with E-state index in [1.165, 1.54) is 6.92 Å². The minimum Gasteiger partial charge on any atom is -0.364 e. The Bertz CT molecular complexity index is 1900. The number of Topliss-reactive ketones (excluding diaryl/α,β-unsaturated/α-hetero) is 1. The molecule has 0 unspecified atom stereocenters. The number of hydrogen-bond donors (Lipinski definition) is 1. The van der Waals surface area contributed by atoms with Crippen LogP contribution in [-0.4, -0.2) is 26.2 Å². The molecule has 1 aliphatic rings. The SMILES string of the molecule is CC(=O)c1ccc2c(c1)Cc1c(C(N)=O)nc(C)c(-c3cccc(-n4cnc5ccccc5c4=O)c3C)c1-2. The molecule has 1 aliphatic carbocycles. The van der Waals surface area contributed by atoms with Gasteiger partial charge >= 0.3 is 0 Å². The van der Waals surface area contributed by atoms with Crippen molar-refractivity contribution < 1.29 is 9.59 Å². The predicted molar refractivity (Wildman–Crippen MR) is 147 cm³/mol. The molecular weight excluding hydrogens is 476 g/mol. The molecule has 2 aromatic heterocycles. The first-order valence-corrected chi connectivity index (χ1v) is 12.3. The first kappa shape index (κ1) is 23.5. The third kappa shape index (κ3) is 3.47. The van der Waals surface area contributed by atoms with Gasteiger partial charge in [-0.25, -0.2) is 9.97 Å². The van der Waals surface area contributed by atoms with Crippen LogP contribution in [0.1, 0.15) is 50.2 Å². The van der Waals surface area contributed by atoms with Crippen molar-refractivity contribution in [2.24, 2.45) is 5.73 Å². The van der Waals surface area contributed by atoms with Crippen LogP contribution in [0.25, 0.3) is 38.8 Å². The second-order valence-electron chi connectivity index (χ2n) is 9.63. The number of ketones is 1. The molecule has 7 heteroatoms. The highest BCUT2D eigenvalue weighted by molar-refractivity contribution is 6.02. The highest BCUT2D eigenvalue weighted by atomic mass is 16.1. The monoisotopic (exact) mass is 500 g/mol. The van der Waals surface area contributed by atoms with Crippen LogP contribution in [0.3, 0.4) is 0 Å². The van der Waals surface area contributed by atoms with E-state index in [9.17, 15) is 14.4 Å². The van der Waals surface area contributed by atoms with E-state index in [0.29, 0.717) is 34.3 Å². The number of nitrogens with zero attached hydrogens (tertiary/aromatic N) is 3. The number of carbonyl (C=O) groups is 2. The predicted octanol–water partition coefficient (Wildman–Crippen LogP) is 4.94. The molecule has 0 saturated carbocycles. The van der Waals surface area contributed by atoms with Gasteiger partial charge in [-0.05, 0) is 78.4 Å². The van der Waals surface area contributed by atoms with Crippen LogP contribution >= 0.6 is 0 Å². The summed E-state index contributed by atoms with van der Waals surface area (Å²) in [4.78, 5) is 47.0. The summed E-state index contributed by atoms with van der Waals surface area (Å²) < 4.78 is 1.56. The standard InChI is InChI=1S/C31H24N4O3/c1-16-21(8-6-10-26(16)35-15-33-25-9-5-4-7-23(25)31(35)38)27-17(2)34-29(30(32)37)24-14-20-13-19(18(3)36)11-12-22(20)28(24)27/h4-13,15H,14H2,1-3H3,(H2,32,37). The molecule has 0 spiro atoms. The van der Waals surface area contributed by atoms with Gasteiger partial charge < -0.3 is 5.73 Å². The van der Waals surface area contributed by atoms with Gasteiger partial charge in [0.25, 0.3) is 11.5 Å². The Labute approximate surface area is 218 Å². The Morgan fingerprint density at radius 3 is 2.50 bits per heavy atom. The molecule has 0 bridgehead atoms. The lowest BCUT2D eigenvalue weighted by Crippen LogP contribution is -2.20. The summed E-state index contributed by atoms with van der Waals surface area (Å²) in [6.07, 6.45) is 2.01. The molecule has 6 rings (SSSR count). The van der Waals surface area contributed by atoms with Crippen molar-refractivity contribution in [1.82, 2.24) is 14.5 Å². The van der Waals surface area contributed by atoms with Crippen LogP contribution in [-0.2, 0) is 6.42 Å². The highest BCUT2D eigenvalue weighted by Crippen LogP contribution is 2.46. The Kier molecular flexibility index (Phi) is 5.31. The van der Waals surface area contributed by atoms with Gasteiger partial charge in [0.05, 0.1) is 16.6 Å². The number of para-hydroxylation sites is 1. The molecule has 1 amide bonds. The fourth-order valence-corrected chi connectivity index (χ4v) is 5.53. The quantitative estimate of drug-likeness (QED) is 0.345. The maximum Gasteiger partial charge on any atom is 0.267 e. The Morgan fingerprint density at radius 1 is 0.947 bits per heavy atom. The van der Waals surface area contributed by atoms with E-state index in [1.54, 1.807) is 17.0 Å². The Balaban J connectivity index is 1.62. The van der Waals surface area contributed by atoms with Gasteiger partial charge in [-0.2, -0.15) is 0 Å². The molecule has 0 radical (unpaired) electrons. The van der Waals surface area contributed by atoms with E-state index < -0.39 is 5.91 Å². The number of benzene rings is 3. The van der Waals surface area contributed by atoms with Gasteiger partial charge in [-0.3, -0.25) is 19.0 Å². The fraction of sp³-hybridized carbons (Fsp3) is 0.129. The van der Waals surface area contributed by atoms with Crippen LogP contribution in [0.2, 0.25) is 0 Å². The smallest absolute Gasteiger partial charge is 0.267 e. The summed E-state index contributed by atoms with van der Waals surface area (Å²) in [5.74, 6) is -0.610. The number of amides is 1. The number of fused-ring (bicyclic) bond motifs is 4. The van der Waals surface area contributed by atoms with Crippen molar-refractivity contribution in [3.05, 3.63) is 111 Å². The number of primary amides is 1. The molecule has 0 atom stereocenters. The molecule has 3 aromatic carbocycles. The molecule has 2 heterocycles. The zero-order valence-corrected chi connectivity index (χ0v) is 21.2. The average molecular weight is 501 g/mol. The summed E-state index contributed by atoms with van der Waals surface area (Å²) >= 11 is 0. The normalized spacial score (nSPS) is 11.9. The summed E-state index contributed by atoms with van der Waals surface area (Å²) in [5.41, 5.74) is 14.6. The molecular formula is C31H24N4O3. The van der Waals surface area contributed by atoms with Crippen LogP contribution in [0.4, 0.5) is 0 Å². The lowest BCUT2D eigenvalue weighted by atomic mass is 9.89. The molecule has 0 fully saturated rings. The largest absolute Gasteiger partial charge is 0.364 e. The number of rotatable bonds is 4. The van der Waals surface area contributed by atoms with Gasteiger partial charge in [0, 0.05) is 23.2 Å². The van der Waals surface area contributed by atoms with Gasteiger partial charge in [-0.1, -0.05) is 36.4 Å². The second kappa shape index (κ2) is 8.59. The van der Waals surface area contributed by atoms with Crippen molar-refractivity contribution in [2.75, 3.05) is 0 Å². The maximum atomic E-state index is 13.4. The number of carbonyl (C=O) groups excluding carboxylic acids is 2. The summed E-state index contributed by atoms with van der Waals surface area (Å²) in [6.45, 7) is 5.36. The summed E-state index contributed by atoms with van der Waals surface area (Å²) in [6, 6.07) is 18.7. The molecule has 7 nitrogen and oxygen atoms in total. The highest BCUT2D eigenvalue weighted by Gasteiger charge is 2.30. The van der Waals surface area contributed by atoms with E-state index >= 15 is 0 Å². The fourth-order valence-electron chi connectivity index (χ4n) is 5.53. The molecule has 2 N–H and O–H groups in total. The average Bonchev–Trinajstić information content (AvgIpc) is 3.28. The van der Waals surface area contributed by atoms with E-state index in [-0.39, 0.29) is 17.0 Å². The van der Waals surface area contributed by atoms with Crippen LogP contribution in [0.5, 0.6) is 0 Å². The first-order chi connectivity index (χ1) is 18.3. The van der Waals surface area contributed by atoms with Crippen molar-refractivity contribution in [3.8, 4) is 27.9 Å². The third-order valence-electron chi connectivity index (χ3n) is 7.36. The lowest BCUT2D eigenvalue weighted by molar-refractivity contribution is 0.0991. The second-order valence-corrected chi connectivity index (χ2v) is 9.63. The lowest BCUT2D eigenvalue weighted by Gasteiger charge is -2.19. The van der Waals surface area contributed by atoms with Gasteiger partial charge in [0.15, 0.2) is 5.78 Å². The minimum atomic E-state index is -0.588. The van der Waals surface area contributed by atoms with E-state index in [1.807, 2.05) is 68.4 Å². The zero-order chi connectivity index (χ0) is 26.7. The zero-order valence-electron chi connectivity index (χ0n) is 21.2. The molecule has 38 heavy (non-hydrogen) atoms. The van der Waals surface area contributed by atoms with Gasteiger partial charge in [-0.15, -0.1) is 0 Å². The Hall–Kier alpha value is -4.91. The summed E-state index contributed by atoms with van der Waals surface area (Å²) in [5, 5.41) is 0.541. The van der Waals surface area contributed by atoms with E-state index in [0.717, 1.165) is 38.9 Å². The van der Waals surface area contributed by atoms with Gasteiger partial charge in [0.2, 0.25) is 0 Å². The van der Waals surface area contributed by atoms with Crippen molar-refractivity contribution in [1.29, 1.82) is 0 Å².